The van der Waals surface area contributed by atoms with E-state index in [9.17, 15) is 13.2 Å². The van der Waals surface area contributed by atoms with Crippen molar-refractivity contribution >= 4 is 6.01 Å². The van der Waals surface area contributed by atoms with Crippen molar-refractivity contribution in [3.63, 3.8) is 0 Å². The highest BCUT2D eigenvalue weighted by Gasteiger charge is 2.35. The van der Waals surface area contributed by atoms with E-state index in [0.717, 1.165) is 10.9 Å². The van der Waals surface area contributed by atoms with Crippen LogP contribution in [0.3, 0.4) is 0 Å². The van der Waals surface area contributed by atoms with Crippen molar-refractivity contribution in [1.29, 1.82) is 0 Å². The van der Waals surface area contributed by atoms with Crippen LogP contribution in [0, 0.1) is 0 Å². The maximum Gasteiger partial charge on any atom is 0.419 e. The van der Waals surface area contributed by atoms with Crippen molar-refractivity contribution in [2.45, 2.75) is 32.5 Å². The molecule has 20 heavy (non-hydrogen) atoms. The first-order valence-corrected chi connectivity index (χ1v) is 5.94. The summed E-state index contributed by atoms with van der Waals surface area (Å²) in [5, 5.41) is 10.0. The summed E-state index contributed by atoms with van der Waals surface area (Å²) in [5.74, 6) is 0.574. The molecule has 0 aromatic carbocycles. The van der Waals surface area contributed by atoms with Gasteiger partial charge < -0.3 is 9.84 Å². The van der Waals surface area contributed by atoms with E-state index < -0.39 is 11.7 Å². The Balaban J connectivity index is 2.12. The van der Waals surface area contributed by atoms with E-state index in [1.165, 1.54) is 7.05 Å². The topological polar surface area (TPSA) is 68.8 Å². The monoisotopic (exact) mass is 289 g/mol. The lowest BCUT2D eigenvalue weighted by Gasteiger charge is -2.08. The highest BCUT2D eigenvalue weighted by atomic mass is 19.4. The molecule has 2 heterocycles. The van der Waals surface area contributed by atoms with Gasteiger partial charge in [0.25, 0.3) is 0 Å². The molecule has 2 rings (SSSR count). The van der Waals surface area contributed by atoms with E-state index in [2.05, 4.69) is 20.6 Å². The zero-order chi connectivity index (χ0) is 14.9. The van der Waals surface area contributed by atoms with Crippen molar-refractivity contribution in [3.8, 4) is 0 Å². The van der Waals surface area contributed by atoms with Crippen LogP contribution in [0.5, 0.6) is 0 Å². The van der Waals surface area contributed by atoms with Crippen LogP contribution in [0.2, 0.25) is 0 Å². The minimum atomic E-state index is -4.44. The zero-order valence-electron chi connectivity index (χ0n) is 11.2. The molecular formula is C11H14F3N5O. The van der Waals surface area contributed by atoms with Gasteiger partial charge in [0.1, 0.15) is 0 Å². The number of hydrogen-bond donors (Lipinski definition) is 1. The molecule has 0 spiro atoms. The maximum atomic E-state index is 12.8. The minimum Gasteiger partial charge on any atom is -0.332 e. The Labute approximate surface area is 113 Å². The fraction of sp³-hybridized carbons (Fsp3) is 0.545. The van der Waals surface area contributed by atoms with Gasteiger partial charge in [0.15, 0.2) is 5.82 Å². The Morgan fingerprint density at radius 1 is 1.40 bits per heavy atom. The standard InChI is InChI=1S/C11H14F3N5O/c1-6(2)9-17-10(20-18-9)15-5-8-7(11(12,13)14)4-16-19(8)3/h4,6H,5H2,1-3H3,(H,15,17,18). The van der Waals surface area contributed by atoms with Crippen LogP contribution in [0.25, 0.3) is 0 Å². The number of anilines is 1. The molecule has 2 aromatic heterocycles. The molecule has 0 saturated heterocycles. The molecule has 1 N–H and O–H groups in total. The van der Waals surface area contributed by atoms with Gasteiger partial charge in [-0.05, 0) is 0 Å². The summed E-state index contributed by atoms with van der Waals surface area (Å²) in [6.45, 7) is 3.67. The molecular weight excluding hydrogens is 275 g/mol. The number of nitrogens with one attached hydrogen (secondary N) is 1. The van der Waals surface area contributed by atoms with Gasteiger partial charge in [0, 0.05) is 13.0 Å². The van der Waals surface area contributed by atoms with Gasteiger partial charge in [-0.2, -0.15) is 23.3 Å². The summed E-state index contributed by atoms with van der Waals surface area (Å²) >= 11 is 0. The smallest absolute Gasteiger partial charge is 0.332 e. The van der Waals surface area contributed by atoms with Gasteiger partial charge in [-0.3, -0.25) is 4.68 Å². The molecule has 0 atom stereocenters. The number of alkyl halides is 3. The van der Waals surface area contributed by atoms with Crippen LogP contribution in [0.1, 0.15) is 36.8 Å². The number of nitrogens with zero attached hydrogens (tertiary/aromatic N) is 4. The largest absolute Gasteiger partial charge is 0.419 e. The molecule has 0 bridgehead atoms. The summed E-state index contributed by atoms with van der Waals surface area (Å²) in [5.41, 5.74) is -0.780. The van der Waals surface area contributed by atoms with Gasteiger partial charge in [0.05, 0.1) is 24.0 Å². The third-order valence-electron chi connectivity index (χ3n) is 2.73. The van der Waals surface area contributed by atoms with Crippen molar-refractivity contribution in [3.05, 3.63) is 23.3 Å². The molecule has 2 aromatic rings. The normalized spacial score (nSPS) is 12.2. The average Bonchev–Trinajstić information content (AvgIpc) is 2.92. The van der Waals surface area contributed by atoms with Crippen molar-refractivity contribution < 1.29 is 17.7 Å². The number of rotatable bonds is 4. The van der Waals surface area contributed by atoms with Gasteiger partial charge >= 0.3 is 12.2 Å². The third-order valence-corrected chi connectivity index (χ3v) is 2.73. The van der Waals surface area contributed by atoms with Gasteiger partial charge in [-0.25, -0.2) is 0 Å². The fourth-order valence-electron chi connectivity index (χ4n) is 1.61. The minimum absolute atomic E-state index is 0.00166. The Hall–Kier alpha value is -2.06. The van der Waals surface area contributed by atoms with E-state index in [-0.39, 0.29) is 24.2 Å². The molecule has 0 radical (unpaired) electrons. The first-order chi connectivity index (χ1) is 9.29. The predicted octanol–water partition coefficient (Wildman–Crippen LogP) is 2.56. The van der Waals surface area contributed by atoms with Crippen LogP contribution in [-0.4, -0.2) is 19.9 Å². The lowest BCUT2D eigenvalue weighted by atomic mass is 10.2. The van der Waals surface area contributed by atoms with Crippen LogP contribution in [0.15, 0.2) is 10.7 Å². The van der Waals surface area contributed by atoms with Gasteiger partial charge in [-0.15, -0.1) is 0 Å². The SMILES string of the molecule is CC(C)c1noc(NCc2c(C(F)(F)F)cnn2C)n1. The van der Waals surface area contributed by atoms with Gasteiger partial charge in [-0.1, -0.05) is 19.0 Å². The van der Waals surface area contributed by atoms with Crippen LogP contribution in [-0.2, 0) is 19.8 Å². The average molecular weight is 289 g/mol. The van der Waals surface area contributed by atoms with Gasteiger partial charge in [0.2, 0.25) is 0 Å². The second kappa shape index (κ2) is 5.14. The highest BCUT2D eigenvalue weighted by molar-refractivity contribution is 5.27. The summed E-state index contributed by atoms with van der Waals surface area (Å²) < 4.78 is 44.4. The van der Waals surface area contributed by atoms with Crippen LogP contribution >= 0.6 is 0 Å². The van der Waals surface area contributed by atoms with E-state index in [1.54, 1.807) is 0 Å². The first-order valence-electron chi connectivity index (χ1n) is 5.94. The number of aryl methyl sites for hydroxylation is 1. The van der Waals surface area contributed by atoms with Crippen LogP contribution in [0.4, 0.5) is 19.2 Å². The Morgan fingerprint density at radius 3 is 2.65 bits per heavy atom. The van der Waals surface area contributed by atoms with Crippen molar-refractivity contribution in [1.82, 2.24) is 19.9 Å². The molecule has 0 fully saturated rings. The Bertz CT molecular complexity index is 587. The van der Waals surface area contributed by atoms with E-state index in [4.69, 9.17) is 4.52 Å². The second-order valence-corrected chi connectivity index (χ2v) is 4.59. The second-order valence-electron chi connectivity index (χ2n) is 4.59. The predicted molar refractivity (Wildman–Crippen MR) is 63.9 cm³/mol. The number of halogens is 3. The van der Waals surface area contributed by atoms with E-state index in [1.807, 2.05) is 13.8 Å². The molecule has 0 unspecified atom stereocenters. The molecule has 9 heteroatoms. The summed E-state index contributed by atoms with van der Waals surface area (Å²) in [4.78, 5) is 4.03. The summed E-state index contributed by atoms with van der Waals surface area (Å²) in [6, 6.07) is 0.0861. The lowest BCUT2D eigenvalue weighted by Crippen LogP contribution is -2.13. The number of hydrogen-bond acceptors (Lipinski definition) is 5. The lowest BCUT2D eigenvalue weighted by molar-refractivity contribution is -0.138. The molecule has 0 amide bonds. The molecule has 0 aliphatic rings. The van der Waals surface area contributed by atoms with E-state index >= 15 is 0 Å². The molecule has 0 aliphatic carbocycles. The quantitative estimate of drug-likeness (QED) is 0.936. The Morgan fingerprint density at radius 2 is 2.10 bits per heavy atom. The van der Waals surface area contributed by atoms with Crippen LogP contribution < -0.4 is 5.32 Å². The molecule has 0 aliphatic heterocycles. The Kier molecular flexibility index (Phi) is 3.69. The maximum absolute atomic E-state index is 12.8. The summed E-state index contributed by atoms with van der Waals surface area (Å²) in [7, 11) is 1.44. The fourth-order valence-corrected chi connectivity index (χ4v) is 1.61. The molecule has 110 valence electrons. The van der Waals surface area contributed by atoms with Crippen molar-refractivity contribution in [2.75, 3.05) is 5.32 Å². The van der Waals surface area contributed by atoms with Crippen molar-refractivity contribution in [2.24, 2.45) is 7.05 Å². The zero-order valence-corrected chi connectivity index (χ0v) is 11.2. The molecule has 6 nitrogen and oxygen atoms in total. The first kappa shape index (κ1) is 14.4. The summed E-state index contributed by atoms with van der Waals surface area (Å²) in [6.07, 6.45) is -3.65. The third kappa shape index (κ3) is 2.91. The highest BCUT2D eigenvalue weighted by Crippen LogP contribution is 2.31. The van der Waals surface area contributed by atoms with E-state index in [0.29, 0.717) is 5.82 Å². The molecule has 0 saturated carbocycles. The number of aromatic nitrogens is 4.